The SMILES string of the molecule is CCCCCCCCCCCCC(=O)OC[C@H](COP(=O)(O)OC[C@H](O)COP(=O)(O)OC[C@@H](COC(=O)CCCCCCCCC(C)CC)OC(=O)CCCCCCCCCCCC(C)C)OC(=O)CCCCCCCCC(C)CC. The molecule has 0 aliphatic rings. The van der Waals surface area contributed by atoms with Gasteiger partial charge in [-0.1, -0.05) is 254 Å². The van der Waals surface area contributed by atoms with Gasteiger partial charge in [-0.2, -0.15) is 0 Å². The lowest BCUT2D eigenvalue weighted by molar-refractivity contribution is -0.161. The van der Waals surface area contributed by atoms with E-state index in [-0.39, 0.29) is 25.7 Å². The third-order valence-corrected chi connectivity index (χ3v) is 17.0. The van der Waals surface area contributed by atoms with Crippen LogP contribution in [0.1, 0.15) is 305 Å². The van der Waals surface area contributed by atoms with Gasteiger partial charge >= 0.3 is 39.5 Å². The summed E-state index contributed by atoms with van der Waals surface area (Å²) in [5.74, 6) is 0.0467. The second-order valence-corrected chi connectivity index (χ2v) is 26.7. The minimum atomic E-state index is -4.94. The molecule has 0 fully saturated rings. The summed E-state index contributed by atoms with van der Waals surface area (Å²) in [6.45, 7) is 11.7. The smallest absolute Gasteiger partial charge is 0.462 e. The van der Waals surface area contributed by atoms with Gasteiger partial charge < -0.3 is 33.8 Å². The van der Waals surface area contributed by atoms with Crippen LogP contribution in [0.4, 0.5) is 0 Å². The van der Waals surface area contributed by atoms with E-state index in [1.54, 1.807) is 0 Å². The minimum absolute atomic E-state index is 0.102. The summed E-state index contributed by atoms with van der Waals surface area (Å²) in [4.78, 5) is 72.1. The highest BCUT2D eigenvalue weighted by atomic mass is 31.2. The van der Waals surface area contributed by atoms with Gasteiger partial charge in [0.2, 0.25) is 0 Å². The Morgan fingerprint density at radius 3 is 0.927 bits per heavy atom. The Bertz CT molecular complexity index is 1630. The molecule has 486 valence electrons. The van der Waals surface area contributed by atoms with Crippen LogP contribution in [0.2, 0.25) is 0 Å². The van der Waals surface area contributed by atoms with Crippen molar-refractivity contribution in [1.82, 2.24) is 0 Å². The number of esters is 4. The highest BCUT2D eigenvalue weighted by Gasteiger charge is 2.30. The van der Waals surface area contributed by atoms with Crippen molar-refractivity contribution in [3.63, 3.8) is 0 Å². The second kappa shape index (κ2) is 54.5. The molecule has 82 heavy (non-hydrogen) atoms. The molecule has 0 aliphatic heterocycles. The van der Waals surface area contributed by atoms with Crippen molar-refractivity contribution >= 4 is 39.5 Å². The van der Waals surface area contributed by atoms with Crippen LogP contribution < -0.4 is 0 Å². The van der Waals surface area contributed by atoms with E-state index in [2.05, 4.69) is 48.5 Å². The van der Waals surface area contributed by atoms with Crippen LogP contribution in [-0.4, -0.2) is 96.7 Å². The summed E-state index contributed by atoms with van der Waals surface area (Å²) < 4.78 is 67.9. The average Bonchev–Trinajstić information content (AvgIpc) is 3.47. The van der Waals surface area contributed by atoms with Crippen LogP contribution in [0.15, 0.2) is 0 Å². The number of aliphatic hydroxyl groups excluding tert-OH is 1. The lowest BCUT2D eigenvalue weighted by atomic mass is 10.00. The predicted molar refractivity (Wildman–Crippen MR) is 326 cm³/mol. The molecule has 0 bridgehead atoms. The summed E-state index contributed by atoms with van der Waals surface area (Å²) in [5.41, 5.74) is 0. The van der Waals surface area contributed by atoms with Gasteiger partial charge in [-0.05, 0) is 43.4 Å². The van der Waals surface area contributed by atoms with Gasteiger partial charge in [-0.3, -0.25) is 37.3 Å². The molecule has 0 aromatic heterocycles. The molecule has 0 radical (unpaired) electrons. The number of rotatable bonds is 61. The van der Waals surface area contributed by atoms with E-state index >= 15 is 0 Å². The van der Waals surface area contributed by atoms with Crippen LogP contribution in [0.5, 0.6) is 0 Å². The number of phosphoric acid groups is 2. The van der Waals surface area contributed by atoms with Crippen molar-refractivity contribution in [3.05, 3.63) is 0 Å². The summed E-state index contributed by atoms with van der Waals surface area (Å²) in [7, 11) is -9.89. The number of carbonyl (C=O) groups is 4. The molecule has 7 atom stereocenters. The van der Waals surface area contributed by atoms with E-state index in [0.29, 0.717) is 25.7 Å². The minimum Gasteiger partial charge on any atom is -0.462 e. The molecule has 0 aromatic rings. The van der Waals surface area contributed by atoms with Crippen molar-refractivity contribution < 1.29 is 80.2 Å². The van der Waals surface area contributed by atoms with Gasteiger partial charge in [0, 0.05) is 25.7 Å². The lowest BCUT2D eigenvalue weighted by Crippen LogP contribution is -2.30. The normalized spacial score (nSPS) is 15.1. The molecule has 0 amide bonds. The monoisotopic (exact) mass is 1210 g/mol. The zero-order valence-electron chi connectivity index (χ0n) is 52.9. The molecule has 0 saturated heterocycles. The van der Waals surface area contributed by atoms with Crippen LogP contribution in [0, 0.1) is 17.8 Å². The molecule has 0 aliphatic carbocycles. The molecular weight excluding hydrogens is 1090 g/mol. The largest absolute Gasteiger partial charge is 0.472 e. The van der Waals surface area contributed by atoms with Crippen LogP contribution in [0.3, 0.4) is 0 Å². The van der Waals surface area contributed by atoms with Crippen LogP contribution in [-0.2, 0) is 65.4 Å². The molecule has 17 nitrogen and oxygen atoms in total. The quantitative estimate of drug-likeness (QED) is 0.0222. The molecule has 4 unspecified atom stereocenters. The lowest BCUT2D eigenvalue weighted by Gasteiger charge is -2.21. The Morgan fingerprint density at radius 1 is 0.354 bits per heavy atom. The summed E-state index contributed by atoms with van der Waals surface area (Å²) in [5, 5.41) is 10.5. The molecule has 0 spiro atoms. The first-order valence-corrected chi connectivity index (χ1v) is 35.9. The number of ether oxygens (including phenoxy) is 4. The number of phosphoric ester groups is 2. The van der Waals surface area contributed by atoms with Gasteiger partial charge in [0.15, 0.2) is 12.2 Å². The van der Waals surface area contributed by atoms with Crippen molar-refractivity contribution in [3.8, 4) is 0 Å². The van der Waals surface area contributed by atoms with Crippen LogP contribution in [0.25, 0.3) is 0 Å². The second-order valence-electron chi connectivity index (χ2n) is 23.8. The van der Waals surface area contributed by atoms with E-state index < -0.39 is 97.5 Å². The maximum absolute atomic E-state index is 13.0. The Kier molecular flexibility index (Phi) is 53.2. The molecule has 19 heteroatoms. The fourth-order valence-corrected chi connectivity index (χ4v) is 10.8. The fourth-order valence-electron chi connectivity index (χ4n) is 9.24. The highest BCUT2D eigenvalue weighted by Crippen LogP contribution is 2.45. The van der Waals surface area contributed by atoms with Gasteiger partial charge in [-0.15, -0.1) is 0 Å². The zero-order valence-corrected chi connectivity index (χ0v) is 54.7. The molecule has 0 saturated carbocycles. The summed E-state index contributed by atoms with van der Waals surface area (Å²) >= 11 is 0. The number of unbranched alkanes of at least 4 members (excludes halogenated alkanes) is 27. The van der Waals surface area contributed by atoms with Crippen LogP contribution >= 0.6 is 15.6 Å². The predicted octanol–water partition coefficient (Wildman–Crippen LogP) is 17.1. The zero-order chi connectivity index (χ0) is 61.0. The Morgan fingerprint density at radius 2 is 0.622 bits per heavy atom. The third kappa shape index (κ3) is 54.7. The Labute approximate surface area is 498 Å². The fraction of sp³-hybridized carbons (Fsp3) is 0.937. The Balaban J connectivity index is 5.26. The van der Waals surface area contributed by atoms with Crippen molar-refractivity contribution in [2.75, 3.05) is 39.6 Å². The van der Waals surface area contributed by atoms with E-state index in [0.717, 1.165) is 114 Å². The maximum atomic E-state index is 13.0. The topological polar surface area (TPSA) is 237 Å². The van der Waals surface area contributed by atoms with E-state index in [4.69, 9.17) is 37.0 Å². The van der Waals surface area contributed by atoms with Gasteiger partial charge in [-0.25, -0.2) is 9.13 Å². The summed E-state index contributed by atoms with van der Waals surface area (Å²) in [6.07, 6.45) is 34.9. The first-order valence-electron chi connectivity index (χ1n) is 32.9. The molecule has 3 N–H and O–H groups in total. The standard InChI is InChI=1S/C63H122O17P2/c1-8-11-12-13-14-15-18-21-30-37-44-60(65)73-50-59(80-63(68)47-40-33-26-24-29-36-43-56(7)10-3)53-78-82(71,72)76-49-57(64)48-75-81(69,70)77-52-58(51-74-61(66)45-38-31-25-23-28-35-42-55(6)9-2)79-62(67)46-39-32-22-19-16-17-20-27-34-41-54(4)5/h54-59,64H,8-53H2,1-7H3,(H,69,70)(H,71,72)/t55?,56?,57-,58-,59-/m1/s1. The molecule has 0 aromatic carbocycles. The van der Waals surface area contributed by atoms with E-state index in [1.165, 1.54) is 109 Å². The summed E-state index contributed by atoms with van der Waals surface area (Å²) in [6, 6.07) is 0. The van der Waals surface area contributed by atoms with Gasteiger partial charge in [0.25, 0.3) is 0 Å². The number of hydrogen-bond donors (Lipinski definition) is 3. The first-order chi connectivity index (χ1) is 39.3. The molecule has 0 rings (SSSR count). The van der Waals surface area contributed by atoms with Gasteiger partial charge in [0.05, 0.1) is 26.4 Å². The van der Waals surface area contributed by atoms with E-state index in [9.17, 15) is 43.2 Å². The molecular formula is C63H122O17P2. The Hall–Kier alpha value is -1.94. The number of aliphatic hydroxyl groups is 1. The van der Waals surface area contributed by atoms with Crippen molar-refractivity contribution in [1.29, 1.82) is 0 Å². The van der Waals surface area contributed by atoms with Crippen molar-refractivity contribution in [2.24, 2.45) is 17.8 Å². The first kappa shape index (κ1) is 80.1. The van der Waals surface area contributed by atoms with Crippen molar-refractivity contribution in [2.45, 2.75) is 324 Å². The van der Waals surface area contributed by atoms with E-state index in [1.807, 2.05) is 0 Å². The third-order valence-electron chi connectivity index (χ3n) is 15.1. The number of carbonyl (C=O) groups excluding carboxylic acids is 4. The highest BCUT2D eigenvalue weighted by molar-refractivity contribution is 7.47. The number of hydrogen-bond acceptors (Lipinski definition) is 15. The maximum Gasteiger partial charge on any atom is 0.472 e. The van der Waals surface area contributed by atoms with Gasteiger partial charge in [0.1, 0.15) is 19.3 Å². The average molecular weight is 1210 g/mol. The molecule has 0 heterocycles.